The highest BCUT2D eigenvalue weighted by Gasteiger charge is 2.47. The Kier molecular flexibility index (Phi) is 2.95. The van der Waals surface area contributed by atoms with Gasteiger partial charge in [-0.2, -0.15) is 8.42 Å². The van der Waals surface area contributed by atoms with Crippen molar-refractivity contribution in [3.05, 3.63) is 0 Å². The molecule has 0 aromatic carbocycles. The van der Waals surface area contributed by atoms with Crippen LogP contribution in [0.4, 0.5) is 0 Å². The summed E-state index contributed by atoms with van der Waals surface area (Å²) in [5.74, 6) is 0. The van der Waals surface area contributed by atoms with Crippen LogP contribution in [-0.2, 0) is 24.1 Å². The summed E-state index contributed by atoms with van der Waals surface area (Å²) in [7, 11) is -6.80. The second-order valence-electron chi connectivity index (χ2n) is 3.78. The molecule has 14 heavy (non-hydrogen) atoms. The monoisotopic (exact) mass is 242 g/mol. The Morgan fingerprint density at radius 3 is 1.86 bits per heavy atom. The molecule has 1 aliphatic carbocycles. The third-order valence-corrected chi connectivity index (χ3v) is 5.23. The summed E-state index contributed by atoms with van der Waals surface area (Å²) in [5, 5.41) is 0. The van der Waals surface area contributed by atoms with Crippen LogP contribution in [0.2, 0.25) is 0 Å². The largest absolute Gasteiger partial charge is 0.269 e. The molecule has 84 valence electrons. The van der Waals surface area contributed by atoms with Crippen LogP contribution in [0.3, 0.4) is 0 Å². The molecule has 0 amide bonds. The van der Waals surface area contributed by atoms with E-state index in [1.54, 1.807) is 0 Å². The van der Waals surface area contributed by atoms with Gasteiger partial charge < -0.3 is 0 Å². The van der Waals surface area contributed by atoms with Crippen LogP contribution in [0.15, 0.2) is 0 Å². The maximum Gasteiger partial charge on any atom is 0.264 e. The standard InChI is InChI=1S/C7H14O5S2/c1-13(8,9)7(4-3-5-7)6-12-14(2,10)11/h3-6H2,1-2H3. The van der Waals surface area contributed by atoms with Crippen molar-refractivity contribution < 1.29 is 21.0 Å². The summed E-state index contributed by atoms with van der Waals surface area (Å²) >= 11 is 0. The van der Waals surface area contributed by atoms with Gasteiger partial charge in [-0.25, -0.2) is 8.42 Å². The van der Waals surface area contributed by atoms with E-state index in [1.165, 1.54) is 0 Å². The van der Waals surface area contributed by atoms with Crippen molar-refractivity contribution in [2.75, 3.05) is 19.1 Å². The molecule has 0 aromatic heterocycles. The first-order valence-electron chi connectivity index (χ1n) is 4.20. The van der Waals surface area contributed by atoms with E-state index in [-0.39, 0.29) is 6.61 Å². The second kappa shape index (κ2) is 3.46. The number of hydrogen-bond donors (Lipinski definition) is 0. The summed E-state index contributed by atoms with van der Waals surface area (Å²) in [6.45, 7) is -0.245. The molecule has 0 spiro atoms. The highest BCUT2D eigenvalue weighted by Crippen LogP contribution is 2.39. The fourth-order valence-corrected chi connectivity index (χ4v) is 3.23. The quantitative estimate of drug-likeness (QED) is 0.645. The lowest BCUT2D eigenvalue weighted by Gasteiger charge is -2.38. The van der Waals surface area contributed by atoms with E-state index in [1.807, 2.05) is 0 Å². The molecular formula is C7H14O5S2. The van der Waals surface area contributed by atoms with Crippen LogP contribution >= 0.6 is 0 Å². The maximum atomic E-state index is 11.4. The lowest BCUT2D eigenvalue weighted by atomic mass is 9.85. The second-order valence-corrected chi connectivity index (χ2v) is 7.83. The van der Waals surface area contributed by atoms with Crippen LogP contribution in [-0.4, -0.2) is 40.7 Å². The van der Waals surface area contributed by atoms with Gasteiger partial charge in [0.05, 0.1) is 17.6 Å². The van der Waals surface area contributed by atoms with Crippen molar-refractivity contribution in [1.29, 1.82) is 0 Å². The lowest BCUT2D eigenvalue weighted by molar-refractivity contribution is 0.206. The van der Waals surface area contributed by atoms with E-state index < -0.39 is 24.7 Å². The molecule has 5 nitrogen and oxygen atoms in total. The molecule has 7 heteroatoms. The molecule has 0 N–H and O–H groups in total. The first kappa shape index (κ1) is 11.9. The predicted molar refractivity (Wildman–Crippen MR) is 52.2 cm³/mol. The minimum Gasteiger partial charge on any atom is -0.269 e. The first-order valence-corrected chi connectivity index (χ1v) is 7.91. The molecule has 0 heterocycles. The van der Waals surface area contributed by atoms with Gasteiger partial charge in [0.25, 0.3) is 10.1 Å². The number of hydrogen-bond acceptors (Lipinski definition) is 5. The third-order valence-electron chi connectivity index (χ3n) is 2.59. The topological polar surface area (TPSA) is 77.5 Å². The Hall–Kier alpha value is -0.140. The average molecular weight is 242 g/mol. The summed E-state index contributed by atoms with van der Waals surface area (Å²) in [5.41, 5.74) is 0. The van der Waals surface area contributed by atoms with E-state index >= 15 is 0 Å². The van der Waals surface area contributed by atoms with Gasteiger partial charge in [-0.15, -0.1) is 0 Å². The van der Waals surface area contributed by atoms with Crippen molar-refractivity contribution in [1.82, 2.24) is 0 Å². The molecule has 0 aliphatic heterocycles. The molecule has 1 aliphatic rings. The van der Waals surface area contributed by atoms with Crippen molar-refractivity contribution >= 4 is 20.0 Å². The molecule has 0 radical (unpaired) electrons. The number of sulfone groups is 1. The average Bonchev–Trinajstić information content (AvgIpc) is 1.77. The van der Waals surface area contributed by atoms with Gasteiger partial charge in [0.1, 0.15) is 0 Å². The smallest absolute Gasteiger partial charge is 0.264 e. The minimum absolute atomic E-state index is 0.245. The van der Waals surface area contributed by atoms with Crippen molar-refractivity contribution in [3.63, 3.8) is 0 Å². The predicted octanol–water partition coefficient (Wildman–Crippen LogP) is -0.0701. The van der Waals surface area contributed by atoms with E-state index in [9.17, 15) is 16.8 Å². The zero-order valence-electron chi connectivity index (χ0n) is 8.19. The Labute approximate surface area is 84.5 Å². The van der Waals surface area contributed by atoms with Gasteiger partial charge in [-0.1, -0.05) is 6.42 Å². The van der Waals surface area contributed by atoms with E-state index in [2.05, 4.69) is 4.18 Å². The summed E-state index contributed by atoms with van der Waals surface area (Å²) in [4.78, 5) is 0. The summed E-state index contributed by atoms with van der Waals surface area (Å²) in [6.07, 6.45) is 3.82. The SMILES string of the molecule is CS(=O)(=O)OCC1(S(C)(=O)=O)CCC1. The van der Waals surface area contributed by atoms with Crippen LogP contribution in [0.5, 0.6) is 0 Å². The van der Waals surface area contributed by atoms with Crippen molar-refractivity contribution in [2.45, 2.75) is 24.0 Å². The van der Waals surface area contributed by atoms with Gasteiger partial charge >= 0.3 is 0 Å². The minimum atomic E-state index is -3.56. The van der Waals surface area contributed by atoms with Gasteiger partial charge in [-0.3, -0.25) is 4.18 Å². The van der Waals surface area contributed by atoms with Gasteiger partial charge in [-0.05, 0) is 12.8 Å². The van der Waals surface area contributed by atoms with E-state index in [0.717, 1.165) is 18.9 Å². The fourth-order valence-electron chi connectivity index (χ4n) is 1.41. The molecule has 0 saturated heterocycles. The summed E-state index contributed by atoms with van der Waals surface area (Å²) in [6, 6.07) is 0. The van der Waals surface area contributed by atoms with Crippen molar-refractivity contribution in [2.24, 2.45) is 0 Å². The Balaban J connectivity index is 2.75. The molecule has 0 atom stereocenters. The molecule has 0 unspecified atom stereocenters. The van der Waals surface area contributed by atoms with Gasteiger partial charge in [0.15, 0.2) is 9.84 Å². The normalized spacial score (nSPS) is 21.6. The molecule has 0 aromatic rings. The Morgan fingerprint density at radius 2 is 1.64 bits per heavy atom. The molecular weight excluding hydrogens is 228 g/mol. The summed E-state index contributed by atoms with van der Waals surface area (Å²) < 4.78 is 47.8. The van der Waals surface area contributed by atoms with Crippen LogP contribution in [0.1, 0.15) is 19.3 Å². The third kappa shape index (κ3) is 2.46. The highest BCUT2D eigenvalue weighted by molar-refractivity contribution is 7.92. The molecule has 0 bridgehead atoms. The van der Waals surface area contributed by atoms with Crippen molar-refractivity contribution in [3.8, 4) is 0 Å². The van der Waals surface area contributed by atoms with Crippen LogP contribution in [0, 0.1) is 0 Å². The molecule has 1 rings (SSSR count). The zero-order valence-corrected chi connectivity index (χ0v) is 9.82. The van der Waals surface area contributed by atoms with E-state index in [0.29, 0.717) is 12.8 Å². The fraction of sp³-hybridized carbons (Fsp3) is 1.00. The lowest BCUT2D eigenvalue weighted by Crippen LogP contribution is -2.49. The zero-order chi connectivity index (χ0) is 11.0. The maximum absolute atomic E-state index is 11.4. The van der Waals surface area contributed by atoms with Gasteiger partial charge in [0, 0.05) is 6.26 Å². The molecule has 1 saturated carbocycles. The first-order chi connectivity index (χ1) is 6.16. The number of rotatable bonds is 4. The Bertz CT molecular complexity index is 401. The van der Waals surface area contributed by atoms with Crippen LogP contribution < -0.4 is 0 Å². The Morgan fingerprint density at radius 1 is 1.14 bits per heavy atom. The van der Waals surface area contributed by atoms with Crippen LogP contribution in [0.25, 0.3) is 0 Å². The van der Waals surface area contributed by atoms with E-state index in [4.69, 9.17) is 0 Å². The molecule has 1 fully saturated rings. The van der Waals surface area contributed by atoms with Gasteiger partial charge in [0.2, 0.25) is 0 Å². The highest BCUT2D eigenvalue weighted by atomic mass is 32.2.